The van der Waals surface area contributed by atoms with Gasteiger partial charge in [-0.05, 0) is 32.2 Å². The molecule has 0 aromatic rings. The Balaban J connectivity index is 2.64. The Bertz CT molecular complexity index is 240. The third kappa shape index (κ3) is 4.21. The summed E-state index contributed by atoms with van der Waals surface area (Å²) in [4.78, 5) is 2.38. The maximum absolute atomic E-state index is 9.28. The van der Waals surface area contributed by atoms with Crippen LogP contribution in [0.2, 0.25) is 0 Å². The number of rotatable bonds is 5. The molecule has 1 fully saturated rings. The quantitative estimate of drug-likeness (QED) is 0.752. The molecule has 0 saturated carbocycles. The molecule has 0 aromatic heterocycles. The van der Waals surface area contributed by atoms with Crippen molar-refractivity contribution in [3.05, 3.63) is 0 Å². The first kappa shape index (κ1) is 14.9. The first-order chi connectivity index (χ1) is 7.84. The van der Waals surface area contributed by atoms with Gasteiger partial charge in [0.25, 0.3) is 0 Å². The normalized spacial score (nSPS) is 28.9. The zero-order chi connectivity index (χ0) is 13.1. The van der Waals surface area contributed by atoms with Gasteiger partial charge >= 0.3 is 0 Å². The van der Waals surface area contributed by atoms with Crippen molar-refractivity contribution in [3.8, 4) is 0 Å². The molecule has 4 nitrogen and oxygen atoms in total. The molecule has 0 spiro atoms. The molecule has 3 N–H and O–H groups in total. The summed E-state index contributed by atoms with van der Waals surface area (Å²) >= 11 is 0. The van der Waals surface area contributed by atoms with Crippen molar-refractivity contribution in [2.75, 3.05) is 32.8 Å². The van der Waals surface area contributed by atoms with E-state index in [0.29, 0.717) is 6.54 Å². The summed E-state index contributed by atoms with van der Waals surface area (Å²) < 4.78 is 5.81. The second-order valence-corrected chi connectivity index (χ2v) is 6.22. The van der Waals surface area contributed by atoms with Gasteiger partial charge in [-0.15, -0.1) is 0 Å². The van der Waals surface area contributed by atoms with Crippen LogP contribution in [0.4, 0.5) is 0 Å². The molecule has 4 heteroatoms. The largest absolute Gasteiger partial charge is 0.394 e. The van der Waals surface area contributed by atoms with Crippen molar-refractivity contribution >= 4 is 0 Å². The molecule has 102 valence electrons. The van der Waals surface area contributed by atoms with Crippen LogP contribution in [0.5, 0.6) is 0 Å². The van der Waals surface area contributed by atoms with E-state index in [9.17, 15) is 5.11 Å². The summed E-state index contributed by atoms with van der Waals surface area (Å²) in [5.74, 6) is 0. The van der Waals surface area contributed by atoms with E-state index in [-0.39, 0.29) is 23.7 Å². The van der Waals surface area contributed by atoms with Gasteiger partial charge in [-0.3, -0.25) is 4.90 Å². The maximum Gasteiger partial charge on any atom is 0.0940 e. The first-order valence-electron chi connectivity index (χ1n) is 6.55. The number of hydrogen-bond acceptors (Lipinski definition) is 4. The third-order valence-corrected chi connectivity index (χ3v) is 3.71. The molecule has 2 atom stereocenters. The van der Waals surface area contributed by atoms with Gasteiger partial charge in [-0.2, -0.15) is 0 Å². The summed E-state index contributed by atoms with van der Waals surface area (Å²) in [7, 11) is 0. The van der Waals surface area contributed by atoms with Crippen LogP contribution in [-0.2, 0) is 4.74 Å². The molecule has 1 heterocycles. The van der Waals surface area contributed by atoms with E-state index in [2.05, 4.69) is 32.6 Å². The van der Waals surface area contributed by atoms with Crippen molar-refractivity contribution in [2.24, 2.45) is 11.1 Å². The highest BCUT2D eigenvalue weighted by Crippen LogP contribution is 2.26. The van der Waals surface area contributed by atoms with Crippen LogP contribution in [-0.4, -0.2) is 54.5 Å². The van der Waals surface area contributed by atoms with Crippen molar-refractivity contribution in [2.45, 2.75) is 45.8 Å². The molecule has 0 amide bonds. The molecule has 1 aliphatic rings. The van der Waals surface area contributed by atoms with Gasteiger partial charge in [-0.25, -0.2) is 0 Å². The van der Waals surface area contributed by atoms with Gasteiger partial charge in [0.05, 0.1) is 18.3 Å². The highest BCUT2D eigenvalue weighted by atomic mass is 16.5. The second kappa shape index (κ2) is 5.65. The monoisotopic (exact) mass is 244 g/mol. The highest BCUT2D eigenvalue weighted by Gasteiger charge is 2.35. The van der Waals surface area contributed by atoms with Gasteiger partial charge in [0.15, 0.2) is 0 Å². The van der Waals surface area contributed by atoms with Crippen LogP contribution < -0.4 is 5.73 Å². The summed E-state index contributed by atoms with van der Waals surface area (Å²) in [6, 6.07) is 0. The number of nitrogens with zero attached hydrogens (tertiary/aromatic N) is 1. The highest BCUT2D eigenvalue weighted by molar-refractivity contribution is 4.87. The van der Waals surface area contributed by atoms with E-state index in [4.69, 9.17) is 10.5 Å². The smallest absolute Gasteiger partial charge is 0.0940 e. The van der Waals surface area contributed by atoms with Crippen LogP contribution in [0, 0.1) is 5.41 Å². The zero-order valence-electron chi connectivity index (χ0n) is 11.7. The molecule has 1 aliphatic heterocycles. The van der Waals surface area contributed by atoms with Gasteiger partial charge in [-0.1, -0.05) is 13.8 Å². The number of aliphatic hydroxyl groups is 1. The number of hydrogen-bond donors (Lipinski definition) is 2. The molecule has 1 rings (SSSR count). The fourth-order valence-corrected chi connectivity index (χ4v) is 2.49. The number of morpholine rings is 1. The van der Waals surface area contributed by atoms with E-state index in [1.807, 2.05) is 0 Å². The van der Waals surface area contributed by atoms with Crippen molar-refractivity contribution in [3.63, 3.8) is 0 Å². The Kier molecular flexibility index (Phi) is 4.95. The lowest BCUT2D eigenvalue weighted by atomic mass is 9.86. The molecule has 1 saturated heterocycles. The average molecular weight is 244 g/mol. The molecule has 0 aromatic carbocycles. The van der Waals surface area contributed by atoms with Crippen LogP contribution in [0.15, 0.2) is 0 Å². The second-order valence-electron chi connectivity index (χ2n) is 6.22. The number of ether oxygens (including phenoxy) is 1. The summed E-state index contributed by atoms with van der Waals surface area (Å²) in [6.07, 6.45) is 1.00. The molecule has 0 bridgehead atoms. The minimum Gasteiger partial charge on any atom is -0.394 e. The first-order valence-corrected chi connectivity index (χ1v) is 6.55. The lowest BCUT2D eigenvalue weighted by Gasteiger charge is -2.45. The average Bonchev–Trinajstić information content (AvgIpc) is 2.26. The Labute approximate surface area is 105 Å². The van der Waals surface area contributed by atoms with E-state index < -0.39 is 0 Å². The van der Waals surface area contributed by atoms with Crippen molar-refractivity contribution in [1.29, 1.82) is 0 Å². The SMILES string of the molecule is CCC(C)(CN)CN1CC(CO)OC(C)(C)C1. The van der Waals surface area contributed by atoms with Gasteiger partial charge in [0, 0.05) is 19.6 Å². The molecular formula is C13H28N2O2. The van der Waals surface area contributed by atoms with Crippen molar-refractivity contribution < 1.29 is 9.84 Å². The van der Waals surface area contributed by atoms with Crippen LogP contribution in [0.3, 0.4) is 0 Å². The van der Waals surface area contributed by atoms with Gasteiger partial charge < -0.3 is 15.6 Å². The molecule has 17 heavy (non-hydrogen) atoms. The maximum atomic E-state index is 9.28. The summed E-state index contributed by atoms with van der Waals surface area (Å²) in [5.41, 5.74) is 5.84. The molecule has 2 unspecified atom stereocenters. The topological polar surface area (TPSA) is 58.7 Å². The van der Waals surface area contributed by atoms with Gasteiger partial charge in [0.1, 0.15) is 0 Å². The van der Waals surface area contributed by atoms with E-state index in [1.54, 1.807) is 0 Å². The minimum absolute atomic E-state index is 0.0716. The molecule has 0 radical (unpaired) electrons. The lowest BCUT2D eigenvalue weighted by molar-refractivity contribution is -0.153. The number of aliphatic hydroxyl groups excluding tert-OH is 1. The Hall–Kier alpha value is -0.160. The standard InChI is InChI=1S/C13H28N2O2/c1-5-13(4,8-14)10-15-6-11(7-16)17-12(2,3)9-15/h11,16H,5-10,14H2,1-4H3. The van der Waals surface area contributed by atoms with E-state index in [1.165, 1.54) is 0 Å². The zero-order valence-corrected chi connectivity index (χ0v) is 11.7. The fourth-order valence-electron chi connectivity index (χ4n) is 2.49. The summed E-state index contributed by atoms with van der Waals surface area (Å²) in [5, 5.41) is 9.28. The number of nitrogens with two attached hydrogens (primary N) is 1. The lowest BCUT2D eigenvalue weighted by Crippen LogP contribution is -2.56. The fraction of sp³-hybridized carbons (Fsp3) is 1.00. The predicted molar refractivity (Wildman–Crippen MR) is 69.9 cm³/mol. The molecular weight excluding hydrogens is 216 g/mol. The summed E-state index contributed by atoms with van der Waals surface area (Å²) in [6.45, 7) is 12.0. The Morgan fingerprint density at radius 3 is 2.65 bits per heavy atom. The van der Waals surface area contributed by atoms with E-state index in [0.717, 1.165) is 26.1 Å². The van der Waals surface area contributed by atoms with Crippen LogP contribution in [0.1, 0.15) is 34.1 Å². The Morgan fingerprint density at radius 1 is 1.53 bits per heavy atom. The Morgan fingerprint density at radius 2 is 2.18 bits per heavy atom. The van der Waals surface area contributed by atoms with Gasteiger partial charge in [0.2, 0.25) is 0 Å². The van der Waals surface area contributed by atoms with Crippen LogP contribution >= 0.6 is 0 Å². The third-order valence-electron chi connectivity index (χ3n) is 3.71. The van der Waals surface area contributed by atoms with E-state index >= 15 is 0 Å². The van der Waals surface area contributed by atoms with Crippen LogP contribution in [0.25, 0.3) is 0 Å². The molecule has 0 aliphatic carbocycles. The minimum atomic E-state index is -0.186. The van der Waals surface area contributed by atoms with Crippen molar-refractivity contribution in [1.82, 2.24) is 4.90 Å². The predicted octanol–water partition coefficient (Wildman–Crippen LogP) is 0.833.